The summed E-state index contributed by atoms with van der Waals surface area (Å²) >= 11 is 0. The summed E-state index contributed by atoms with van der Waals surface area (Å²) in [7, 11) is 0. The van der Waals surface area contributed by atoms with E-state index in [2.05, 4.69) is 53.9 Å². The molecule has 2 atom stereocenters. The van der Waals surface area contributed by atoms with Crippen molar-refractivity contribution in [3.05, 3.63) is 12.3 Å². The fraction of sp³-hybridized carbons (Fsp3) is 0.833. The van der Waals surface area contributed by atoms with Crippen molar-refractivity contribution in [1.29, 1.82) is 0 Å². The number of rotatable bonds is 7. The molecular weight excluding hydrogens is 358 g/mol. The van der Waals surface area contributed by atoms with Gasteiger partial charge in [0, 0.05) is 31.9 Å². The highest BCUT2D eigenvalue weighted by Gasteiger charge is 2.22. The Kier molecular flexibility index (Phi) is 8.16. The lowest BCUT2D eigenvalue weighted by Crippen LogP contribution is -2.43. The van der Waals surface area contributed by atoms with Crippen LogP contribution in [0.15, 0.2) is 12.3 Å². The first-order chi connectivity index (χ1) is 13.9. The summed E-state index contributed by atoms with van der Waals surface area (Å²) in [5.41, 5.74) is 0.432. The van der Waals surface area contributed by atoms with Gasteiger partial charge >= 0.3 is 0 Å². The Labute approximate surface area is 178 Å². The zero-order chi connectivity index (χ0) is 20.7. The van der Waals surface area contributed by atoms with Gasteiger partial charge in [-0.25, -0.2) is 4.98 Å². The van der Waals surface area contributed by atoms with E-state index in [4.69, 9.17) is 4.98 Å². The quantitative estimate of drug-likeness (QED) is 0.680. The minimum atomic E-state index is 0.432. The number of hydrogen-bond donors (Lipinski definition) is 1. The standard InChI is InChI=1S/C24H43N5/c1-20(18-24(2,3)4)12-17-28-14-9-10-21(19-28)26-23-25-13-11-22(27-23)29-15-7-5-6-8-16-29/h11,13,20-21H,5-10,12,14-19H2,1-4H3,(H,25,26,27). The van der Waals surface area contributed by atoms with Crippen LogP contribution in [0.4, 0.5) is 11.8 Å². The molecule has 2 aliphatic rings. The molecular formula is C24H43N5. The first-order valence-corrected chi connectivity index (χ1v) is 12.0. The lowest BCUT2D eigenvalue weighted by Gasteiger charge is -2.34. The molecule has 1 aromatic heterocycles. The first kappa shape index (κ1) is 22.3. The van der Waals surface area contributed by atoms with Gasteiger partial charge in [0.2, 0.25) is 5.95 Å². The molecule has 5 nitrogen and oxygen atoms in total. The first-order valence-electron chi connectivity index (χ1n) is 12.0. The van der Waals surface area contributed by atoms with Crippen LogP contribution < -0.4 is 10.2 Å². The maximum absolute atomic E-state index is 4.86. The van der Waals surface area contributed by atoms with Gasteiger partial charge in [0.25, 0.3) is 0 Å². The zero-order valence-electron chi connectivity index (χ0n) is 19.3. The molecule has 2 aliphatic heterocycles. The average molecular weight is 402 g/mol. The predicted octanol–water partition coefficient (Wildman–Crippen LogP) is 5.20. The van der Waals surface area contributed by atoms with Gasteiger partial charge in [0.05, 0.1) is 0 Å². The molecule has 2 unspecified atom stereocenters. The van der Waals surface area contributed by atoms with Crippen molar-refractivity contribution < 1.29 is 0 Å². The number of anilines is 2. The van der Waals surface area contributed by atoms with Crippen LogP contribution in [0.2, 0.25) is 0 Å². The summed E-state index contributed by atoms with van der Waals surface area (Å²) < 4.78 is 0. The van der Waals surface area contributed by atoms with E-state index in [0.717, 1.165) is 37.3 Å². The maximum Gasteiger partial charge on any atom is 0.224 e. The number of nitrogens with zero attached hydrogens (tertiary/aromatic N) is 4. The van der Waals surface area contributed by atoms with E-state index in [1.54, 1.807) is 0 Å². The second kappa shape index (κ2) is 10.6. The van der Waals surface area contributed by atoms with Crippen LogP contribution >= 0.6 is 0 Å². The summed E-state index contributed by atoms with van der Waals surface area (Å²) in [4.78, 5) is 14.5. The van der Waals surface area contributed by atoms with Gasteiger partial charge in [-0.15, -0.1) is 0 Å². The molecule has 2 saturated heterocycles. The van der Waals surface area contributed by atoms with Crippen molar-refractivity contribution >= 4 is 11.8 Å². The van der Waals surface area contributed by atoms with Crippen LogP contribution in [-0.4, -0.2) is 53.6 Å². The molecule has 164 valence electrons. The molecule has 0 bridgehead atoms. The fourth-order valence-electron chi connectivity index (χ4n) is 5.00. The molecule has 0 amide bonds. The molecule has 3 heterocycles. The molecule has 0 aromatic carbocycles. The normalized spacial score (nSPS) is 22.9. The van der Waals surface area contributed by atoms with Gasteiger partial charge in [0.1, 0.15) is 5.82 Å². The van der Waals surface area contributed by atoms with E-state index in [1.165, 1.54) is 64.5 Å². The van der Waals surface area contributed by atoms with Gasteiger partial charge in [-0.1, -0.05) is 40.5 Å². The Morgan fingerprint density at radius 2 is 1.86 bits per heavy atom. The van der Waals surface area contributed by atoms with Crippen molar-refractivity contribution in [2.75, 3.05) is 42.9 Å². The molecule has 1 N–H and O–H groups in total. The predicted molar refractivity (Wildman–Crippen MR) is 124 cm³/mol. The van der Waals surface area contributed by atoms with E-state index < -0.39 is 0 Å². The van der Waals surface area contributed by atoms with E-state index in [-0.39, 0.29) is 0 Å². The van der Waals surface area contributed by atoms with Gasteiger partial charge in [-0.05, 0) is 69.0 Å². The fourth-order valence-corrected chi connectivity index (χ4v) is 5.00. The summed E-state index contributed by atoms with van der Waals surface area (Å²) in [6.07, 6.45) is 12.2. The lowest BCUT2D eigenvalue weighted by molar-refractivity contribution is 0.192. The van der Waals surface area contributed by atoms with Gasteiger partial charge in [-0.3, -0.25) is 0 Å². The van der Waals surface area contributed by atoms with Crippen molar-refractivity contribution in [2.45, 2.75) is 85.1 Å². The third-order valence-corrected chi connectivity index (χ3v) is 6.31. The smallest absolute Gasteiger partial charge is 0.224 e. The van der Waals surface area contributed by atoms with E-state index >= 15 is 0 Å². The topological polar surface area (TPSA) is 44.3 Å². The molecule has 0 spiro atoms. The lowest BCUT2D eigenvalue weighted by atomic mass is 9.84. The largest absolute Gasteiger partial charge is 0.356 e. The number of nitrogens with one attached hydrogen (secondary N) is 1. The van der Waals surface area contributed by atoms with Crippen molar-refractivity contribution in [1.82, 2.24) is 14.9 Å². The van der Waals surface area contributed by atoms with Crippen LogP contribution in [-0.2, 0) is 0 Å². The Bertz CT molecular complexity index is 604. The molecule has 0 radical (unpaired) electrons. The van der Waals surface area contributed by atoms with Gasteiger partial charge in [0.15, 0.2) is 0 Å². The highest BCUT2D eigenvalue weighted by molar-refractivity contribution is 5.43. The Morgan fingerprint density at radius 3 is 2.59 bits per heavy atom. The Hall–Kier alpha value is -1.36. The van der Waals surface area contributed by atoms with Gasteiger partial charge in [-0.2, -0.15) is 4.98 Å². The minimum Gasteiger partial charge on any atom is -0.356 e. The number of aromatic nitrogens is 2. The van der Waals surface area contributed by atoms with Gasteiger partial charge < -0.3 is 15.1 Å². The second-order valence-electron chi connectivity index (χ2n) is 10.6. The molecule has 29 heavy (non-hydrogen) atoms. The highest BCUT2D eigenvalue weighted by atomic mass is 15.2. The molecule has 1 aromatic rings. The zero-order valence-corrected chi connectivity index (χ0v) is 19.3. The maximum atomic E-state index is 4.86. The third kappa shape index (κ3) is 7.76. The summed E-state index contributed by atoms with van der Waals surface area (Å²) in [6.45, 7) is 15.3. The van der Waals surface area contributed by atoms with Crippen LogP contribution in [0.5, 0.6) is 0 Å². The van der Waals surface area contributed by atoms with Crippen molar-refractivity contribution in [3.63, 3.8) is 0 Å². The summed E-state index contributed by atoms with van der Waals surface area (Å²) in [5, 5.41) is 3.64. The molecule has 3 rings (SSSR count). The van der Waals surface area contributed by atoms with Crippen LogP contribution in [0.25, 0.3) is 0 Å². The minimum absolute atomic E-state index is 0.432. The molecule has 0 saturated carbocycles. The highest BCUT2D eigenvalue weighted by Crippen LogP contribution is 2.26. The number of likely N-dealkylation sites (tertiary alicyclic amines) is 1. The number of hydrogen-bond acceptors (Lipinski definition) is 5. The number of piperidine rings is 1. The molecule has 5 heteroatoms. The summed E-state index contributed by atoms with van der Waals surface area (Å²) in [5.74, 6) is 2.68. The second-order valence-corrected chi connectivity index (χ2v) is 10.6. The Morgan fingerprint density at radius 1 is 1.10 bits per heavy atom. The average Bonchev–Trinajstić information content (AvgIpc) is 2.95. The third-order valence-electron chi connectivity index (χ3n) is 6.31. The van der Waals surface area contributed by atoms with Crippen molar-refractivity contribution in [2.24, 2.45) is 11.3 Å². The monoisotopic (exact) mass is 401 g/mol. The van der Waals surface area contributed by atoms with Crippen LogP contribution in [0.3, 0.4) is 0 Å². The molecule has 2 fully saturated rings. The Balaban J connectivity index is 1.49. The summed E-state index contributed by atoms with van der Waals surface area (Å²) in [6, 6.07) is 2.53. The van der Waals surface area contributed by atoms with E-state index in [1.807, 2.05) is 6.20 Å². The van der Waals surface area contributed by atoms with Crippen molar-refractivity contribution in [3.8, 4) is 0 Å². The van der Waals surface area contributed by atoms with E-state index in [9.17, 15) is 0 Å². The van der Waals surface area contributed by atoms with E-state index in [0.29, 0.717) is 11.5 Å². The van der Waals surface area contributed by atoms with Crippen LogP contribution in [0, 0.1) is 11.3 Å². The van der Waals surface area contributed by atoms with Crippen LogP contribution in [0.1, 0.15) is 79.1 Å². The molecule has 0 aliphatic carbocycles. The SMILES string of the molecule is CC(CCN1CCCC(Nc2nccc(N3CCCCCC3)n2)C1)CC(C)(C)C.